The fourth-order valence-corrected chi connectivity index (χ4v) is 3.35. The number of methoxy groups -OCH3 is 1. The summed E-state index contributed by atoms with van der Waals surface area (Å²) in [6.45, 7) is 3.06. The minimum absolute atomic E-state index is 0.220. The second-order valence-corrected chi connectivity index (χ2v) is 7.43. The Bertz CT molecular complexity index is 1050. The molecule has 0 heterocycles. The van der Waals surface area contributed by atoms with Crippen LogP contribution in [0.1, 0.15) is 23.1 Å². The maximum atomic E-state index is 5.52. The van der Waals surface area contributed by atoms with E-state index in [0.29, 0.717) is 11.5 Å². The van der Waals surface area contributed by atoms with Crippen molar-refractivity contribution < 1.29 is 9.47 Å². The van der Waals surface area contributed by atoms with Crippen molar-refractivity contribution in [2.24, 2.45) is 0 Å². The van der Waals surface area contributed by atoms with Gasteiger partial charge in [-0.3, -0.25) is 0 Å². The Kier molecular flexibility index (Phi) is 7.10. The molecule has 0 spiro atoms. The van der Waals surface area contributed by atoms with Gasteiger partial charge >= 0.3 is 0 Å². The van der Waals surface area contributed by atoms with Crippen LogP contribution in [-0.2, 0) is 13.0 Å². The molecule has 0 aliphatic carbocycles. The number of ether oxygens (including phenoxy) is 2. The lowest BCUT2D eigenvalue weighted by molar-refractivity contribution is 0.330. The predicted octanol–water partition coefficient (Wildman–Crippen LogP) is 5.22. The first-order valence-corrected chi connectivity index (χ1v) is 9.99. The van der Waals surface area contributed by atoms with Crippen molar-refractivity contribution in [3.05, 3.63) is 71.3 Å². The van der Waals surface area contributed by atoms with Gasteiger partial charge in [0, 0.05) is 13.0 Å². The Morgan fingerprint density at radius 2 is 1.79 bits per heavy atom. The molecule has 3 aromatic rings. The van der Waals surface area contributed by atoms with Crippen molar-refractivity contribution in [2.75, 3.05) is 13.7 Å². The summed E-state index contributed by atoms with van der Waals surface area (Å²) >= 11 is 5.52. The molecule has 3 aromatic carbocycles. The van der Waals surface area contributed by atoms with E-state index in [1.165, 1.54) is 21.9 Å². The normalized spacial score (nSPS) is 10.4. The molecule has 0 aliphatic heterocycles. The van der Waals surface area contributed by atoms with E-state index in [2.05, 4.69) is 54.6 Å². The lowest BCUT2D eigenvalue weighted by Gasteiger charge is -2.12. The Hall–Kier alpha value is -3.03. The molecule has 0 aromatic heterocycles. The summed E-state index contributed by atoms with van der Waals surface area (Å²) in [6, 6.07) is 18.9. The van der Waals surface area contributed by atoms with E-state index in [4.69, 9.17) is 28.1 Å². The standard InChI is InChI=1S/C25H25NO2S/c1-4-13-28-23-11-7-19(16-24(23)27-3)8-12-25(29)26-17-20-6-10-21-9-5-18(2)14-22(21)15-20/h1,5-7,9-11,14-16H,8,12-13,17H2,2-3H3,(H,26,29). The highest BCUT2D eigenvalue weighted by molar-refractivity contribution is 7.80. The predicted molar refractivity (Wildman–Crippen MR) is 124 cm³/mol. The van der Waals surface area contributed by atoms with Crippen LogP contribution in [0.3, 0.4) is 0 Å². The number of terminal acetylenes is 1. The zero-order valence-electron chi connectivity index (χ0n) is 16.8. The van der Waals surface area contributed by atoms with Crippen molar-refractivity contribution in [3.8, 4) is 23.8 Å². The monoisotopic (exact) mass is 403 g/mol. The highest BCUT2D eigenvalue weighted by Gasteiger charge is 2.07. The Morgan fingerprint density at radius 3 is 2.59 bits per heavy atom. The summed E-state index contributed by atoms with van der Waals surface area (Å²) in [6.07, 6.45) is 6.85. The topological polar surface area (TPSA) is 30.5 Å². The van der Waals surface area contributed by atoms with Gasteiger partial charge in [-0.05, 0) is 53.4 Å². The molecule has 0 amide bonds. The van der Waals surface area contributed by atoms with Gasteiger partial charge in [0.2, 0.25) is 0 Å². The molecule has 0 fully saturated rings. The molecule has 3 rings (SSSR count). The van der Waals surface area contributed by atoms with Crippen molar-refractivity contribution in [1.29, 1.82) is 0 Å². The summed E-state index contributed by atoms with van der Waals surface area (Å²) < 4.78 is 10.9. The Labute approximate surface area is 178 Å². The van der Waals surface area contributed by atoms with E-state index >= 15 is 0 Å². The second-order valence-electron chi connectivity index (χ2n) is 6.94. The molecule has 0 unspecified atom stereocenters. The third kappa shape index (κ3) is 5.73. The van der Waals surface area contributed by atoms with E-state index < -0.39 is 0 Å². The maximum Gasteiger partial charge on any atom is 0.162 e. The first-order chi connectivity index (χ1) is 14.1. The maximum absolute atomic E-state index is 5.52. The Balaban J connectivity index is 1.54. The fraction of sp³-hybridized carbons (Fsp3) is 0.240. The number of hydrogen-bond donors (Lipinski definition) is 1. The largest absolute Gasteiger partial charge is 0.493 e. The van der Waals surface area contributed by atoms with Gasteiger partial charge in [-0.25, -0.2) is 0 Å². The molecular weight excluding hydrogens is 378 g/mol. The van der Waals surface area contributed by atoms with Crippen LogP contribution in [0.15, 0.2) is 54.6 Å². The van der Waals surface area contributed by atoms with Crippen molar-refractivity contribution in [1.82, 2.24) is 5.32 Å². The molecule has 0 aliphatic rings. The van der Waals surface area contributed by atoms with E-state index in [9.17, 15) is 0 Å². The number of aryl methyl sites for hydroxylation is 2. The summed E-state index contributed by atoms with van der Waals surface area (Å²) in [4.78, 5) is 0.848. The van der Waals surface area contributed by atoms with Gasteiger partial charge in [0.25, 0.3) is 0 Å². The van der Waals surface area contributed by atoms with Crippen LogP contribution in [0.25, 0.3) is 10.8 Å². The zero-order valence-corrected chi connectivity index (χ0v) is 17.6. The first-order valence-electron chi connectivity index (χ1n) is 9.58. The average molecular weight is 404 g/mol. The lowest BCUT2D eigenvalue weighted by Crippen LogP contribution is -2.21. The minimum Gasteiger partial charge on any atom is -0.493 e. The van der Waals surface area contributed by atoms with Crippen LogP contribution in [0, 0.1) is 19.3 Å². The number of hydrogen-bond acceptors (Lipinski definition) is 3. The number of benzene rings is 3. The van der Waals surface area contributed by atoms with Crippen LogP contribution in [0.2, 0.25) is 0 Å². The molecule has 0 saturated heterocycles. The molecule has 148 valence electrons. The SMILES string of the molecule is C#CCOc1ccc(CCC(=S)NCc2ccc3ccc(C)cc3c2)cc1OC. The van der Waals surface area contributed by atoms with Crippen molar-refractivity contribution in [3.63, 3.8) is 0 Å². The zero-order chi connectivity index (χ0) is 20.6. The van der Waals surface area contributed by atoms with E-state index in [0.717, 1.165) is 29.9 Å². The molecular formula is C25H25NO2S. The lowest BCUT2D eigenvalue weighted by atomic mass is 10.0. The van der Waals surface area contributed by atoms with Gasteiger partial charge in [0.1, 0.15) is 6.61 Å². The van der Waals surface area contributed by atoms with Gasteiger partial charge in [-0.2, -0.15) is 0 Å². The van der Waals surface area contributed by atoms with Gasteiger partial charge in [-0.1, -0.05) is 60.1 Å². The molecule has 4 heteroatoms. The van der Waals surface area contributed by atoms with E-state index in [-0.39, 0.29) is 6.61 Å². The van der Waals surface area contributed by atoms with Crippen LogP contribution in [0.5, 0.6) is 11.5 Å². The molecule has 0 saturated carbocycles. The van der Waals surface area contributed by atoms with Gasteiger partial charge < -0.3 is 14.8 Å². The minimum atomic E-state index is 0.220. The van der Waals surface area contributed by atoms with E-state index in [1.54, 1.807) is 7.11 Å². The summed E-state index contributed by atoms with van der Waals surface area (Å²) in [5, 5.41) is 5.88. The average Bonchev–Trinajstić information content (AvgIpc) is 2.74. The number of fused-ring (bicyclic) bond motifs is 1. The van der Waals surface area contributed by atoms with Crippen molar-refractivity contribution >= 4 is 28.0 Å². The number of thiocarbonyl (C=S) groups is 1. The van der Waals surface area contributed by atoms with Crippen LogP contribution < -0.4 is 14.8 Å². The van der Waals surface area contributed by atoms with Gasteiger partial charge in [0.15, 0.2) is 11.5 Å². The summed E-state index contributed by atoms with van der Waals surface area (Å²) in [5.74, 6) is 3.80. The number of nitrogens with one attached hydrogen (secondary N) is 1. The smallest absolute Gasteiger partial charge is 0.162 e. The fourth-order valence-electron chi connectivity index (χ4n) is 3.18. The van der Waals surface area contributed by atoms with E-state index in [1.807, 2.05) is 18.2 Å². The molecule has 1 N–H and O–H groups in total. The van der Waals surface area contributed by atoms with Crippen LogP contribution in [0.4, 0.5) is 0 Å². The molecule has 0 atom stereocenters. The number of rotatable bonds is 8. The Morgan fingerprint density at radius 1 is 1.00 bits per heavy atom. The molecule has 29 heavy (non-hydrogen) atoms. The highest BCUT2D eigenvalue weighted by atomic mass is 32.1. The van der Waals surface area contributed by atoms with Crippen molar-refractivity contribution in [2.45, 2.75) is 26.3 Å². The molecule has 3 nitrogen and oxygen atoms in total. The highest BCUT2D eigenvalue weighted by Crippen LogP contribution is 2.28. The third-order valence-corrected chi connectivity index (χ3v) is 5.08. The van der Waals surface area contributed by atoms with Gasteiger partial charge in [-0.15, -0.1) is 6.42 Å². The van der Waals surface area contributed by atoms with Crippen LogP contribution >= 0.6 is 12.2 Å². The quantitative estimate of drug-likeness (QED) is 0.413. The van der Waals surface area contributed by atoms with Gasteiger partial charge in [0.05, 0.1) is 12.1 Å². The first kappa shape index (κ1) is 20.7. The van der Waals surface area contributed by atoms with Crippen LogP contribution in [-0.4, -0.2) is 18.7 Å². The third-order valence-electron chi connectivity index (χ3n) is 4.73. The summed E-state index contributed by atoms with van der Waals surface area (Å²) in [5.41, 5.74) is 3.63. The molecule has 0 radical (unpaired) electrons. The second kappa shape index (κ2) is 9.95. The molecule has 0 bridgehead atoms. The summed E-state index contributed by atoms with van der Waals surface area (Å²) in [7, 11) is 1.62.